The Balaban J connectivity index is -0.000000410. The van der Waals surface area contributed by atoms with Crippen LogP contribution in [0.3, 0.4) is 0 Å². The zero-order valence-electron chi connectivity index (χ0n) is 37.7. The van der Waals surface area contributed by atoms with Crippen molar-refractivity contribution in [1.82, 2.24) is 25.8 Å². The summed E-state index contributed by atoms with van der Waals surface area (Å²) < 4.78 is 4.25. The maximum absolute atomic E-state index is 12.5. The molecule has 12 heteroatoms. The fourth-order valence-electron chi connectivity index (χ4n) is 5.27. The molecule has 1 aromatic carbocycles. The summed E-state index contributed by atoms with van der Waals surface area (Å²) >= 11 is 0. The first kappa shape index (κ1) is 58.6. The first-order valence-electron chi connectivity index (χ1n) is 20.5. The van der Waals surface area contributed by atoms with E-state index in [1.807, 2.05) is 95.6 Å². The van der Waals surface area contributed by atoms with Gasteiger partial charge < -0.3 is 35.8 Å². The zero-order chi connectivity index (χ0) is 43.4. The van der Waals surface area contributed by atoms with E-state index in [2.05, 4.69) is 41.5 Å². The van der Waals surface area contributed by atoms with Crippen LogP contribution in [0.4, 0.5) is 0 Å². The normalized spacial score (nSPS) is 14.4. The highest BCUT2D eigenvalue weighted by atomic mass is 16.4. The van der Waals surface area contributed by atoms with Gasteiger partial charge in [0.05, 0.1) is 18.7 Å². The van der Waals surface area contributed by atoms with Gasteiger partial charge in [0, 0.05) is 59.8 Å². The molecular weight excluding hydrogens is 699 g/mol. The third-order valence-corrected chi connectivity index (χ3v) is 8.44. The summed E-state index contributed by atoms with van der Waals surface area (Å²) in [5, 5.41) is 25.6. The molecule has 12 nitrogen and oxygen atoms in total. The number of aliphatic hydroxyl groups is 2. The van der Waals surface area contributed by atoms with Crippen LogP contribution in [0.5, 0.6) is 0 Å². The average molecular weight is 784 g/mol. The molecule has 1 saturated heterocycles. The van der Waals surface area contributed by atoms with E-state index in [1.165, 1.54) is 19.3 Å². The minimum Gasteiger partial charge on any atom is -0.400 e. The molecule has 0 radical (unpaired) electrons. The van der Waals surface area contributed by atoms with Crippen LogP contribution < -0.4 is 16.0 Å². The van der Waals surface area contributed by atoms with Crippen LogP contribution in [0.2, 0.25) is 0 Å². The number of carbonyl (C=O) groups is 4. The summed E-state index contributed by atoms with van der Waals surface area (Å²) in [5.41, 5.74) is 0.797. The van der Waals surface area contributed by atoms with Crippen molar-refractivity contribution in [2.45, 2.75) is 164 Å². The van der Waals surface area contributed by atoms with Gasteiger partial charge in [-0.1, -0.05) is 104 Å². The molecule has 0 bridgehead atoms. The van der Waals surface area contributed by atoms with Crippen molar-refractivity contribution >= 4 is 23.6 Å². The number of nitrogens with one attached hydrogen (secondary N) is 3. The molecule has 2 rings (SSSR count). The molecule has 1 aliphatic heterocycles. The number of hydrogen-bond donors (Lipinski definition) is 5. The van der Waals surface area contributed by atoms with Crippen molar-refractivity contribution in [2.24, 2.45) is 5.92 Å². The largest absolute Gasteiger partial charge is 0.400 e. The van der Waals surface area contributed by atoms with Crippen molar-refractivity contribution in [3.05, 3.63) is 35.9 Å². The molecule has 324 valence electrons. The molecule has 55 heavy (non-hydrogen) atoms. The monoisotopic (exact) mass is 784 g/mol. The van der Waals surface area contributed by atoms with E-state index in [-0.39, 0.29) is 41.6 Å². The Kier molecular flexibility index (Phi) is 41.8. The second kappa shape index (κ2) is 39.2. The SMILES string of the molecule is CC.CCC.CCCCCCC(=O)N1CCCC1CCC(=O)N[C@H](C)C(O)c1ccccc1.CNC(=O)C(NC(=O)CN(C)C(C)C)C(C)C.CO.COC. The van der Waals surface area contributed by atoms with Crippen LogP contribution in [0.25, 0.3) is 0 Å². The summed E-state index contributed by atoms with van der Waals surface area (Å²) in [6.07, 6.45) is 8.68. The van der Waals surface area contributed by atoms with Crippen LogP contribution in [0.1, 0.15) is 145 Å². The van der Waals surface area contributed by atoms with E-state index in [4.69, 9.17) is 5.11 Å². The Labute approximate surface area is 336 Å². The van der Waals surface area contributed by atoms with Gasteiger partial charge in [0.2, 0.25) is 23.6 Å². The lowest BCUT2D eigenvalue weighted by Crippen LogP contribution is -2.51. The molecule has 0 aromatic heterocycles. The highest BCUT2D eigenvalue weighted by molar-refractivity contribution is 5.88. The molecule has 1 fully saturated rings. The number of amides is 4. The van der Waals surface area contributed by atoms with Gasteiger partial charge in [-0.15, -0.1) is 0 Å². The number of ether oxygens (including phenoxy) is 1. The van der Waals surface area contributed by atoms with E-state index in [1.54, 1.807) is 21.3 Å². The Morgan fingerprint density at radius 1 is 0.891 bits per heavy atom. The maximum atomic E-state index is 12.5. The van der Waals surface area contributed by atoms with Crippen molar-refractivity contribution < 1.29 is 34.1 Å². The van der Waals surface area contributed by atoms with Gasteiger partial charge in [-0.3, -0.25) is 24.1 Å². The zero-order valence-corrected chi connectivity index (χ0v) is 37.7. The lowest BCUT2D eigenvalue weighted by atomic mass is 10.0. The predicted octanol–water partition coefficient (Wildman–Crippen LogP) is 6.49. The average Bonchev–Trinajstić information content (AvgIpc) is 3.65. The third kappa shape index (κ3) is 29.8. The lowest BCUT2D eigenvalue weighted by Gasteiger charge is -2.25. The van der Waals surface area contributed by atoms with Crippen LogP contribution in [-0.4, -0.2) is 116 Å². The predicted molar refractivity (Wildman–Crippen MR) is 229 cm³/mol. The first-order chi connectivity index (χ1) is 26.1. The second-order valence-electron chi connectivity index (χ2n) is 14.0. The number of rotatable bonds is 17. The van der Waals surface area contributed by atoms with Crippen molar-refractivity contribution in [2.75, 3.05) is 48.5 Å². The Hall–Kier alpha value is -3.06. The third-order valence-electron chi connectivity index (χ3n) is 8.44. The number of methoxy groups -OCH3 is 1. The number of unbranched alkanes of at least 4 members (excludes halogenated alkanes) is 3. The Morgan fingerprint density at radius 3 is 1.91 bits per heavy atom. The molecule has 0 aliphatic carbocycles. The Morgan fingerprint density at radius 2 is 1.44 bits per heavy atom. The summed E-state index contributed by atoms with van der Waals surface area (Å²) in [5.74, 6) is -0.0242. The molecule has 4 atom stereocenters. The van der Waals surface area contributed by atoms with Gasteiger partial charge in [-0.25, -0.2) is 0 Å². The number of likely N-dealkylation sites (tertiary alicyclic amines) is 1. The number of hydrogen-bond acceptors (Lipinski definition) is 8. The summed E-state index contributed by atoms with van der Waals surface area (Å²) in [4.78, 5) is 52.1. The van der Waals surface area contributed by atoms with Crippen LogP contribution in [0, 0.1) is 5.92 Å². The summed E-state index contributed by atoms with van der Waals surface area (Å²) in [6, 6.07) is 9.03. The second-order valence-corrected chi connectivity index (χ2v) is 14.0. The fourth-order valence-corrected chi connectivity index (χ4v) is 5.27. The molecule has 1 aromatic rings. The lowest BCUT2D eigenvalue weighted by molar-refractivity contribution is -0.133. The van der Waals surface area contributed by atoms with Gasteiger partial charge in [-0.2, -0.15) is 0 Å². The number of aliphatic hydroxyl groups excluding tert-OH is 2. The van der Waals surface area contributed by atoms with Crippen LogP contribution >= 0.6 is 0 Å². The molecule has 0 spiro atoms. The number of nitrogens with zero attached hydrogens (tertiary/aromatic N) is 2. The van der Waals surface area contributed by atoms with E-state index >= 15 is 0 Å². The van der Waals surface area contributed by atoms with Crippen LogP contribution in [-0.2, 0) is 23.9 Å². The maximum Gasteiger partial charge on any atom is 0.242 e. The van der Waals surface area contributed by atoms with Gasteiger partial charge in [-0.05, 0) is 65.0 Å². The van der Waals surface area contributed by atoms with Gasteiger partial charge in [0.15, 0.2) is 0 Å². The molecular formula is C43H85N5O7. The van der Waals surface area contributed by atoms with Gasteiger partial charge in [0.25, 0.3) is 0 Å². The molecule has 4 amide bonds. The number of likely N-dealkylation sites (N-methyl/N-ethyl adjacent to an activating group) is 2. The van der Waals surface area contributed by atoms with E-state index in [0.717, 1.165) is 44.9 Å². The van der Waals surface area contributed by atoms with Crippen LogP contribution in [0.15, 0.2) is 30.3 Å². The number of carbonyl (C=O) groups excluding carboxylic acids is 4. The van der Waals surface area contributed by atoms with Gasteiger partial charge in [0.1, 0.15) is 6.04 Å². The van der Waals surface area contributed by atoms with Crippen molar-refractivity contribution in [3.8, 4) is 0 Å². The minimum atomic E-state index is -0.724. The molecule has 1 aliphatic rings. The smallest absolute Gasteiger partial charge is 0.242 e. The molecule has 1 heterocycles. The highest BCUT2D eigenvalue weighted by Crippen LogP contribution is 2.23. The first-order valence-corrected chi connectivity index (χ1v) is 20.5. The standard InChI is InChI=1S/C23H36N2O3.C12H25N3O2.C3H8.C2H6O.C2H6.CH4O/c1-3-4-5-9-14-22(27)25-17-10-13-20(25)15-16-21(26)24-18(2)23(28)19-11-7-6-8-12-19;1-8(2)11(12(17)13-5)14-10(16)7-15(6)9(3)4;2*1-3-2;2*1-2/h6-8,11-12,18,20,23,28H,3-5,9-10,13-17H2,1-2H3,(H,24,26);8-9,11H,7H2,1-6H3,(H,13,17)(H,14,16);3H2,1-2H3;1-2H3;1-2H3;2H,1H3/t18-,20?,23?;;;;;/m1...../s1. The fraction of sp³-hybridized carbons (Fsp3) is 0.767. The Bertz CT molecular complexity index is 1060. The van der Waals surface area contributed by atoms with E-state index in [9.17, 15) is 24.3 Å². The van der Waals surface area contributed by atoms with E-state index in [0.29, 0.717) is 31.8 Å². The van der Waals surface area contributed by atoms with Crippen molar-refractivity contribution in [3.63, 3.8) is 0 Å². The molecule has 0 saturated carbocycles. The van der Waals surface area contributed by atoms with E-state index < -0.39 is 12.1 Å². The topological polar surface area (TPSA) is 161 Å². The summed E-state index contributed by atoms with van der Waals surface area (Å²) in [7, 11) is 7.71. The summed E-state index contributed by atoms with van der Waals surface area (Å²) in [6.45, 7) is 21.2. The van der Waals surface area contributed by atoms with Gasteiger partial charge >= 0.3 is 0 Å². The quantitative estimate of drug-likeness (QED) is 0.112. The van der Waals surface area contributed by atoms with Crippen molar-refractivity contribution in [1.29, 1.82) is 0 Å². The highest BCUT2D eigenvalue weighted by Gasteiger charge is 2.29. The minimum absolute atomic E-state index is 0.0651. The number of benzene rings is 1. The molecule has 3 unspecified atom stereocenters. The molecule has 5 N–H and O–H groups in total.